The number of hydrogen-bond acceptors (Lipinski definition) is 4. The first-order chi connectivity index (χ1) is 8.63. The molecular weight excluding hydrogens is 254 g/mol. The fraction of sp³-hybridized carbons (Fsp3) is 0.333. The van der Waals surface area contributed by atoms with Crippen molar-refractivity contribution in [2.75, 3.05) is 12.0 Å². The van der Waals surface area contributed by atoms with E-state index in [9.17, 15) is 9.59 Å². The molecule has 1 rings (SSSR count). The zero-order valence-corrected chi connectivity index (χ0v) is 10.8. The van der Waals surface area contributed by atoms with E-state index in [1.807, 2.05) is 6.26 Å². The quantitative estimate of drug-likeness (QED) is 0.735. The van der Waals surface area contributed by atoms with Crippen LogP contribution >= 0.6 is 11.8 Å². The Labute approximate surface area is 109 Å². The van der Waals surface area contributed by atoms with Gasteiger partial charge in [0.25, 0.3) is 0 Å². The highest BCUT2D eigenvalue weighted by Crippen LogP contribution is 2.03. The second kappa shape index (κ2) is 7.60. The number of thioether (sulfide) groups is 1. The Kier molecular flexibility index (Phi) is 6.07. The molecule has 1 aromatic rings. The van der Waals surface area contributed by atoms with Gasteiger partial charge in [-0.15, -0.1) is 0 Å². The van der Waals surface area contributed by atoms with Crippen LogP contribution in [0.3, 0.4) is 0 Å². The van der Waals surface area contributed by atoms with Gasteiger partial charge in [-0.3, -0.25) is 4.79 Å². The van der Waals surface area contributed by atoms with E-state index in [4.69, 9.17) is 9.52 Å². The van der Waals surface area contributed by atoms with Crippen LogP contribution in [0.1, 0.15) is 12.2 Å². The summed E-state index contributed by atoms with van der Waals surface area (Å²) in [4.78, 5) is 22.4. The normalized spacial score (nSPS) is 12.5. The number of nitrogens with one attached hydrogen (secondary N) is 1. The number of amides is 1. The zero-order valence-electron chi connectivity index (χ0n) is 9.96. The molecule has 2 N–H and O–H groups in total. The van der Waals surface area contributed by atoms with Gasteiger partial charge in [-0.2, -0.15) is 11.8 Å². The molecule has 98 valence electrons. The second-order valence-electron chi connectivity index (χ2n) is 3.53. The lowest BCUT2D eigenvalue weighted by atomic mass is 10.2. The number of carbonyl (C=O) groups is 2. The molecule has 0 unspecified atom stereocenters. The molecule has 5 nitrogen and oxygen atoms in total. The molecule has 1 atom stereocenters. The zero-order chi connectivity index (χ0) is 13.4. The van der Waals surface area contributed by atoms with Gasteiger partial charge in [0.2, 0.25) is 5.91 Å². The second-order valence-corrected chi connectivity index (χ2v) is 4.52. The van der Waals surface area contributed by atoms with E-state index in [0.717, 1.165) is 0 Å². The fourth-order valence-electron chi connectivity index (χ4n) is 1.26. The van der Waals surface area contributed by atoms with Crippen LogP contribution in [0.2, 0.25) is 0 Å². The van der Waals surface area contributed by atoms with E-state index in [1.54, 1.807) is 12.1 Å². The van der Waals surface area contributed by atoms with Crippen molar-refractivity contribution in [2.24, 2.45) is 0 Å². The minimum atomic E-state index is -1.02. The van der Waals surface area contributed by atoms with Crippen molar-refractivity contribution in [3.8, 4) is 0 Å². The third kappa shape index (κ3) is 5.09. The predicted octanol–water partition coefficient (Wildman–Crippen LogP) is 1.62. The van der Waals surface area contributed by atoms with Gasteiger partial charge >= 0.3 is 5.97 Å². The number of aliphatic carboxylic acids is 1. The summed E-state index contributed by atoms with van der Waals surface area (Å²) in [6.07, 6.45) is 6.53. The topological polar surface area (TPSA) is 79.5 Å². The summed E-state index contributed by atoms with van der Waals surface area (Å²) in [5.74, 6) is -0.246. The maximum atomic E-state index is 11.5. The summed E-state index contributed by atoms with van der Waals surface area (Å²) in [6.45, 7) is 0. The van der Waals surface area contributed by atoms with Gasteiger partial charge in [0, 0.05) is 6.08 Å². The van der Waals surface area contributed by atoms with Gasteiger partial charge in [-0.05, 0) is 36.6 Å². The molecule has 18 heavy (non-hydrogen) atoms. The van der Waals surface area contributed by atoms with E-state index in [1.165, 1.54) is 30.2 Å². The van der Waals surface area contributed by atoms with Gasteiger partial charge in [0.1, 0.15) is 11.8 Å². The van der Waals surface area contributed by atoms with Crippen molar-refractivity contribution in [1.82, 2.24) is 5.32 Å². The molecule has 0 aliphatic rings. The highest BCUT2D eigenvalue weighted by molar-refractivity contribution is 7.98. The number of hydrogen-bond donors (Lipinski definition) is 2. The first-order valence-electron chi connectivity index (χ1n) is 5.37. The van der Waals surface area contributed by atoms with Gasteiger partial charge in [0.05, 0.1) is 6.26 Å². The Balaban J connectivity index is 2.48. The first-order valence-corrected chi connectivity index (χ1v) is 6.76. The summed E-state index contributed by atoms with van der Waals surface area (Å²) in [5, 5.41) is 11.4. The van der Waals surface area contributed by atoms with Crippen molar-refractivity contribution in [3.63, 3.8) is 0 Å². The highest BCUT2D eigenvalue weighted by atomic mass is 32.2. The lowest BCUT2D eigenvalue weighted by molar-refractivity contribution is -0.141. The number of carboxylic acid groups (broad SMARTS) is 1. The molecule has 0 aliphatic carbocycles. The number of carboxylic acids is 1. The van der Waals surface area contributed by atoms with E-state index in [-0.39, 0.29) is 0 Å². The Hall–Kier alpha value is -1.69. The molecule has 6 heteroatoms. The van der Waals surface area contributed by atoms with Crippen molar-refractivity contribution in [2.45, 2.75) is 12.5 Å². The van der Waals surface area contributed by atoms with Crippen LogP contribution in [0.25, 0.3) is 6.08 Å². The van der Waals surface area contributed by atoms with Crippen LogP contribution in [-0.4, -0.2) is 35.0 Å². The van der Waals surface area contributed by atoms with E-state index < -0.39 is 17.9 Å². The maximum Gasteiger partial charge on any atom is 0.326 e. The van der Waals surface area contributed by atoms with Gasteiger partial charge < -0.3 is 14.8 Å². The molecule has 1 aromatic heterocycles. The van der Waals surface area contributed by atoms with Crippen molar-refractivity contribution < 1.29 is 19.1 Å². The van der Waals surface area contributed by atoms with E-state index in [0.29, 0.717) is 17.9 Å². The van der Waals surface area contributed by atoms with Crippen LogP contribution in [0.4, 0.5) is 0 Å². The van der Waals surface area contributed by atoms with Crippen LogP contribution in [0.15, 0.2) is 28.9 Å². The van der Waals surface area contributed by atoms with Crippen molar-refractivity contribution in [1.29, 1.82) is 0 Å². The van der Waals surface area contributed by atoms with Crippen molar-refractivity contribution >= 4 is 29.7 Å². The molecule has 0 fully saturated rings. The van der Waals surface area contributed by atoms with Crippen molar-refractivity contribution in [3.05, 3.63) is 30.2 Å². The van der Waals surface area contributed by atoms with E-state index >= 15 is 0 Å². The molecule has 0 saturated heterocycles. The Morgan fingerprint density at radius 3 is 2.94 bits per heavy atom. The standard InChI is InChI=1S/C12H15NO4S/c1-18-8-6-10(12(15)16)13-11(14)5-4-9-3-2-7-17-9/h2-5,7,10H,6,8H2,1H3,(H,13,14)(H,15,16)/b5-4-/t10-/m0/s1. The maximum absolute atomic E-state index is 11.5. The molecule has 0 spiro atoms. The van der Waals surface area contributed by atoms with E-state index in [2.05, 4.69) is 5.32 Å². The molecule has 0 radical (unpaired) electrons. The lowest BCUT2D eigenvalue weighted by Crippen LogP contribution is -2.40. The Morgan fingerprint density at radius 1 is 1.61 bits per heavy atom. The average Bonchev–Trinajstić information content (AvgIpc) is 2.84. The predicted molar refractivity (Wildman–Crippen MR) is 70.3 cm³/mol. The van der Waals surface area contributed by atoms with Crippen LogP contribution in [0, 0.1) is 0 Å². The smallest absolute Gasteiger partial charge is 0.326 e. The number of rotatable bonds is 7. The summed E-state index contributed by atoms with van der Waals surface area (Å²) in [6, 6.07) is 2.55. The minimum absolute atomic E-state index is 0.400. The lowest BCUT2D eigenvalue weighted by Gasteiger charge is -2.12. The Morgan fingerprint density at radius 2 is 2.39 bits per heavy atom. The SMILES string of the molecule is CSCC[C@H](NC(=O)/C=C\c1ccco1)C(=O)O. The summed E-state index contributed by atoms with van der Waals surface area (Å²) < 4.78 is 5.01. The number of furan rings is 1. The van der Waals surface area contributed by atoms with Crippen LogP contribution in [0.5, 0.6) is 0 Å². The third-order valence-corrected chi connectivity index (χ3v) is 2.81. The molecule has 1 amide bonds. The Bertz CT molecular complexity index is 414. The summed E-state index contributed by atoms with van der Waals surface area (Å²) in [5.41, 5.74) is 0. The van der Waals surface area contributed by atoms with Gasteiger partial charge in [-0.25, -0.2) is 4.79 Å². The molecular formula is C12H15NO4S. The minimum Gasteiger partial charge on any atom is -0.480 e. The largest absolute Gasteiger partial charge is 0.480 e. The summed E-state index contributed by atoms with van der Waals surface area (Å²) in [7, 11) is 0. The molecule has 1 heterocycles. The summed E-state index contributed by atoms with van der Waals surface area (Å²) >= 11 is 1.54. The molecule has 0 aromatic carbocycles. The van der Waals surface area contributed by atoms with Gasteiger partial charge in [0.15, 0.2) is 0 Å². The highest BCUT2D eigenvalue weighted by Gasteiger charge is 2.17. The average molecular weight is 269 g/mol. The van der Waals surface area contributed by atoms with Crippen LogP contribution in [-0.2, 0) is 9.59 Å². The van der Waals surface area contributed by atoms with Gasteiger partial charge in [-0.1, -0.05) is 0 Å². The fourth-order valence-corrected chi connectivity index (χ4v) is 1.73. The van der Waals surface area contributed by atoms with Crippen LogP contribution < -0.4 is 5.32 Å². The number of carbonyl (C=O) groups excluding carboxylic acids is 1. The molecule has 0 aliphatic heterocycles. The molecule has 0 saturated carbocycles. The first kappa shape index (κ1) is 14.4. The molecule has 0 bridgehead atoms. The third-order valence-electron chi connectivity index (χ3n) is 2.17. The monoisotopic (exact) mass is 269 g/mol.